The number of carbonyl (C=O) groups excluding carboxylic acids is 1. The normalized spacial score (nSPS) is 14.9. The number of sulfonamides is 1. The molecule has 3 rings (SSSR count). The Balaban J connectivity index is 1.51. The fourth-order valence-electron chi connectivity index (χ4n) is 3.05. The average molecular weight is 401 g/mol. The van der Waals surface area contributed by atoms with Crippen molar-refractivity contribution >= 4 is 33.4 Å². The van der Waals surface area contributed by atoms with E-state index in [1.54, 1.807) is 30.3 Å². The number of hydrogen-bond donors (Lipinski definition) is 2. The summed E-state index contributed by atoms with van der Waals surface area (Å²) in [5, 5.41) is 2.80. The van der Waals surface area contributed by atoms with Gasteiger partial charge in [-0.25, -0.2) is 8.42 Å². The van der Waals surface area contributed by atoms with Gasteiger partial charge >= 0.3 is 0 Å². The molecule has 0 unspecified atom stereocenters. The molecular formula is C21H24N2O4S. The number of carbonyl (C=O) groups is 1. The highest BCUT2D eigenvalue weighted by Gasteiger charge is 2.16. The maximum absolute atomic E-state index is 12.1. The molecule has 0 spiro atoms. The van der Waals surface area contributed by atoms with E-state index in [2.05, 4.69) is 10.0 Å². The minimum atomic E-state index is -3.30. The summed E-state index contributed by atoms with van der Waals surface area (Å²) in [6, 6.07) is 14.1. The zero-order chi connectivity index (χ0) is 20.0. The second-order valence-electron chi connectivity index (χ2n) is 6.87. The zero-order valence-electron chi connectivity index (χ0n) is 15.7. The van der Waals surface area contributed by atoms with Gasteiger partial charge in [0.1, 0.15) is 5.75 Å². The summed E-state index contributed by atoms with van der Waals surface area (Å²) in [6.07, 6.45) is 9.16. The molecule has 2 N–H and O–H groups in total. The Labute approximate surface area is 165 Å². The number of hydrogen-bond acceptors (Lipinski definition) is 4. The number of nitrogens with one attached hydrogen (secondary N) is 2. The molecule has 1 amide bonds. The van der Waals surface area contributed by atoms with Gasteiger partial charge in [-0.1, -0.05) is 12.1 Å². The molecule has 28 heavy (non-hydrogen) atoms. The molecule has 0 heterocycles. The molecule has 2 aromatic carbocycles. The van der Waals surface area contributed by atoms with E-state index in [1.807, 2.05) is 24.3 Å². The Morgan fingerprint density at radius 3 is 2.21 bits per heavy atom. The Hall–Kier alpha value is -2.80. The molecule has 7 heteroatoms. The van der Waals surface area contributed by atoms with E-state index in [9.17, 15) is 13.2 Å². The molecule has 0 atom stereocenters. The van der Waals surface area contributed by atoms with Gasteiger partial charge in [-0.3, -0.25) is 9.52 Å². The highest BCUT2D eigenvalue weighted by molar-refractivity contribution is 7.92. The highest BCUT2D eigenvalue weighted by Crippen LogP contribution is 2.25. The van der Waals surface area contributed by atoms with Crippen LogP contribution in [0.4, 0.5) is 11.4 Å². The SMILES string of the molecule is CS(=O)(=O)Nc1ccc(/C=C/C(=O)Nc2ccc(OC3CCCC3)cc2)cc1. The van der Waals surface area contributed by atoms with Crippen LogP contribution in [-0.2, 0) is 14.8 Å². The Morgan fingerprint density at radius 1 is 1.00 bits per heavy atom. The molecule has 1 aliphatic rings. The van der Waals surface area contributed by atoms with Crippen LogP contribution >= 0.6 is 0 Å². The Bertz CT molecular complexity index is 929. The lowest BCUT2D eigenvalue weighted by Crippen LogP contribution is -2.11. The van der Waals surface area contributed by atoms with E-state index in [-0.39, 0.29) is 5.91 Å². The van der Waals surface area contributed by atoms with Crippen molar-refractivity contribution in [2.75, 3.05) is 16.3 Å². The monoisotopic (exact) mass is 400 g/mol. The van der Waals surface area contributed by atoms with Crippen LogP contribution in [0.15, 0.2) is 54.6 Å². The summed E-state index contributed by atoms with van der Waals surface area (Å²) in [6.45, 7) is 0. The summed E-state index contributed by atoms with van der Waals surface area (Å²) in [4.78, 5) is 12.1. The lowest BCUT2D eigenvalue weighted by atomic mass is 10.2. The second kappa shape index (κ2) is 8.93. The second-order valence-corrected chi connectivity index (χ2v) is 8.62. The predicted octanol–water partition coefficient (Wildman–Crippen LogP) is 4.03. The lowest BCUT2D eigenvalue weighted by molar-refractivity contribution is -0.111. The van der Waals surface area contributed by atoms with Crippen LogP contribution in [0.5, 0.6) is 5.75 Å². The lowest BCUT2D eigenvalue weighted by Gasteiger charge is -2.13. The van der Waals surface area contributed by atoms with E-state index in [0.717, 1.165) is 30.4 Å². The highest BCUT2D eigenvalue weighted by atomic mass is 32.2. The van der Waals surface area contributed by atoms with Gasteiger partial charge in [0, 0.05) is 17.5 Å². The molecule has 148 valence electrons. The molecule has 0 radical (unpaired) electrons. The summed E-state index contributed by atoms with van der Waals surface area (Å²) in [7, 11) is -3.30. The minimum Gasteiger partial charge on any atom is -0.490 e. The topological polar surface area (TPSA) is 84.5 Å². The van der Waals surface area contributed by atoms with Gasteiger partial charge in [-0.2, -0.15) is 0 Å². The molecule has 0 bridgehead atoms. The quantitative estimate of drug-likeness (QED) is 0.687. The van der Waals surface area contributed by atoms with Gasteiger partial charge in [-0.05, 0) is 73.7 Å². The van der Waals surface area contributed by atoms with Crippen LogP contribution in [0.2, 0.25) is 0 Å². The van der Waals surface area contributed by atoms with Crippen LogP contribution < -0.4 is 14.8 Å². The number of rotatable bonds is 7. The fourth-order valence-corrected chi connectivity index (χ4v) is 3.61. The molecular weight excluding hydrogens is 376 g/mol. The smallest absolute Gasteiger partial charge is 0.248 e. The molecule has 1 fully saturated rings. The largest absolute Gasteiger partial charge is 0.490 e. The van der Waals surface area contributed by atoms with Crippen molar-refractivity contribution in [2.45, 2.75) is 31.8 Å². The first kappa shape index (κ1) is 19.9. The third-order valence-electron chi connectivity index (χ3n) is 4.37. The number of amides is 1. The van der Waals surface area contributed by atoms with Gasteiger partial charge in [0.2, 0.25) is 15.9 Å². The van der Waals surface area contributed by atoms with Crippen molar-refractivity contribution in [3.8, 4) is 5.75 Å². The first-order valence-corrected chi connectivity index (χ1v) is 11.1. The van der Waals surface area contributed by atoms with Gasteiger partial charge in [0.25, 0.3) is 0 Å². The number of benzene rings is 2. The first-order valence-electron chi connectivity index (χ1n) is 9.21. The summed E-state index contributed by atoms with van der Waals surface area (Å²) < 4.78 is 30.7. The summed E-state index contributed by atoms with van der Waals surface area (Å²) in [5.41, 5.74) is 1.96. The molecule has 0 saturated heterocycles. The summed E-state index contributed by atoms with van der Waals surface area (Å²) >= 11 is 0. The standard InChI is InChI=1S/C21H24N2O4S/c1-28(25,26)23-18-9-6-16(7-10-18)8-15-21(24)22-17-11-13-20(14-12-17)27-19-4-2-3-5-19/h6-15,19,23H,2-5H2,1H3,(H,22,24)/b15-8+. The van der Waals surface area contributed by atoms with E-state index in [1.165, 1.54) is 18.9 Å². The third kappa shape index (κ3) is 6.42. The number of ether oxygens (including phenoxy) is 1. The summed E-state index contributed by atoms with van der Waals surface area (Å²) in [5.74, 6) is 0.575. The van der Waals surface area contributed by atoms with E-state index in [4.69, 9.17) is 4.74 Å². The van der Waals surface area contributed by atoms with Crippen LogP contribution in [0.25, 0.3) is 6.08 Å². The van der Waals surface area contributed by atoms with Crippen molar-refractivity contribution in [3.05, 3.63) is 60.2 Å². The molecule has 0 aliphatic heterocycles. The van der Waals surface area contributed by atoms with Gasteiger partial charge < -0.3 is 10.1 Å². The van der Waals surface area contributed by atoms with Gasteiger partial charge in [0.05, 0.1) is 12.4 Å². The zero-order valence-corrected chi connectivity index (χ0v) is 16.5. The van der Waals surface area contributed by atoms with Crippen molar-refractivity contribution in [1.29, 1.82) is 0 Å². The van der Waals surface area contributed by atoms with Crippen molar-refractivity contribution < 1.29 is 17.9 Å². The van der Waals surface area contributed by atoms with Crippen molar-refractivity contribution in [2.24, 2.45) is 0 Å². The van der Waals surface area contributed by atoms with Crippen LogP contribution in [0.3, 0.4) is 0 Å². The predicted molar refractivity (Wildman–Crippen MR) is 112 cm³/mol. The van der Waals surface area contributed by atoms with Crippen LogP contribution in [-0.4, -0.2) is 26.7 Å². The third-order valence-corrected chi connectivity index (χ3v) is 4.97. The van der Waals surface area contributed by atoms with E-state index in [0.29, 0.717) is 17.5 Å². The van der Waals surface area contributed by atoms with Crippen molar-refractivity contribution in [3.63, 3.8) is 0 Å². The van der Waals surface area contributed by atoms with Crippen molar-refractivity contribution in [1.82, 2.24) is 0 Å². The maximum Gasteiger partial charge on any atom is 0.248 e. The molecule has 1 aliphatic carbocycles. The van der Waals surface area contributed by atoms with E-state index < -0.39 is 10.0 Å². The minimum absolute atomic E-state index is 0.247. The van der Waals surface area contributed by atoms with Crippen LogP contribution in [0, 0.1) is 0 Å². The first-order chi connectivity index (χ1) is 13.4. The molecule has 0 aromatic heterocycles. The average Bonchev–Trinajstić information content (AvgIpc) is 3.15. The molecule has 1 saturated carbocycles. The maximum atomic E-state index is 12.1. The number of anilines is 2. The Kier molecular flexibility index (Phi) is 6.36. The van der Waals surface area contributed by atoms with Gasteiger partial charge in [0.15, 0.2) is 0 Å². The Morgan fingerprint density at radius 2 is 1.61 bits per heavy atom. The molecule has 6 nitrogen and oxygen atoms in total. The fraction of sp³-hybridized carbons (Fsp3) is 0.286. The van der Waals surface area contributed by atoms with Gasteiger partial charge in [-0.15, -0.1) is 0 Å². The molecule has 2 aromatic rings. The van der Waals surface area contributed by atoms with E-state index >= 15 is 0 Å². The van der Waals surface area contributed by atoms with Crippen LogP contribution in [0.1, 0.15) is 31.2 Å².